The van der Waals surface area contributed by atoms with Gasteiger partial charge in [0.25, 0.3) is 5.91 Å². The van der Waals surface area contributed by atoms with Crippen LogP contribution in [-0.4, -0.2) is 35.8 Å². The van der Waals surface area contributed by atoms with Crippen LogP contribution in [-0.2, 0) is 19.1 Å². The van der Waals surface area contributed by atoms with Crippen LogP contribution in [0.4, 0.5) is 5.69 Å². The second-order valence-electron chi connectivity index (χ2n) is 7.49. The summed E-state index contributed by atoms with van der Waals surface area (Å²) in [6.07, 6.45) is 0.106. The van der Waals surface area contributed by atoms with Crippen LogP contribution in [0.25, 0.3) is 0 Å². The molecule has 2 aromatic rings. The molecule has 0 radical (unpaired) electrons. The summed E-state index contributed by atoms with van der Waals surface area (Å²) in [4.78, 5) is 38.5. The van der Waals surface area contributed by atoms with Crippen LogP contribution in [0.3, 0.4) is 0 Å². The topological polar surface area (TPSA) is 75.7 Å². The Morgan fingerprint density at radius 3 is 2.55 bits per heavy atom. The molecule has 0 saturated carbocycles. The van der Waals surface area contributed by atoms with Crippen LogP contribution >= 0.6 is 0 Å². The number of benzene rings is 2. The summed E-state index contributed by atoms with van der Waals surface area (Å²) in [5.74, 6) is -1.55. The van der Waals surface area contributed by atoms with Crippen molar-refractivity contribution in [1.82, 2.24) is 4.90 Å². The lowest BCUT2D eigenvalue weighted by atomic mass is 10.1. The number of esters is 1. The van der Waals surface area contributed by atoms with E-state index in [1.165, 1.54) is 0 Å². The summed E-state index contributed by atoms with van der Waals surface area (Å²) < 4.78 is 5.17. The average Bonchev–Trinajstić information content (AvgIpc) is 3.11. The van der Waals surface area contributed by atoms with Crippen molar-refractivity contribution in [2.24, 2.45) is 5.92 Å². The number of anilines is 1. The molecule has 0 bridgehead atoms. The Labute approximate surface area is 170 Å². The van der Waals surface area contributed by atoms with E-state index in [9.17, 15) is 14.4 Å². The predicted molar refractivity (Wildman–Crippen MR) is 110 cm³/mol. The third-order valence-electron chi connectivity index (χ3n) is 5.38. The van der Waals surface area contributed by atoms with Crippen molar-refractivity contribution in [3.8, 4) is 0 Å². The number of nitrogens with zero attached hydrogens (tertiary/aromatic N) is 1. The minimum absolute atomic E-state index is 0.0807. The predicted octanol–water partition coefficient (Wildman–Crippen LogP) is 3.39. The SMILES string of the molecule is Cc1ccc(NC(=O)COC(=O)[C@H]2CC(=O)N([C@H](C)c3ccccc3)C2)cc1C. The van der Waals surface area contributed by atoms with Gasteiger partial charge in [-0.25, -0.2) is 0 Å². The maximum atomic E-state index is 12.4. The standard InChI is InChI=1S/C23H26N2O4/c1-15-9-10-20(11-16(15)2)24-21(26)14-29-23(28)19-12-22(27)25(13-19)17(3)18-7-5-4-6-8-18/h4-11,17,19H,12-14H2,1-3H3,(H,24,26)/t17-,19+/m1/s1. The van der Waals surface area contributed by atoms with Gasteiger partial charge in [0.05, 0.1) is 12.0 Å². The number of carbonyl (C=O) groups excluding carboxylic acids is 3. The molecule has 1 aliphatic rings. The zero-order valence-electron chi connectivity index (χ0n) is 17.0. The molecule has 1 heterocycles. The number of hydrogen-bond donors (Lipinski definition) is 1. The van der Waals surface area contributed by atoms with E-state index in [0.29, 0.717) is 12.2 Å². The first kappa shape index (κ1) is 20.6. The summed E-state index contributed by atoms with van der Waals surface area (Å²) in [5, 5.41) is 2.72. The van der Waals surface area contributed by atoms with Gasteiger partial charge in [-0.05, 0) is 49.6 Å². The van der Waals surface area contributed by atoms with Gasteiger partial charge in [-0.1, -0.05) is 36.4 Å². The lowest BCUT2D eigenvalue weighted by Gasteiger charge is -2.25. The fourth-order valence-electron chi connectivity index (χ4n) is 3.45. The van der Waals surface area contributed by atoms with Gasteiger partial charge in [0.2, 0.25) is 5.91 Å². The molecule has 0 aliphatic carbocycles. The van der Waals surface area contributed by atoms with Crippen LogP contribution in [0.5, 0.6) is 0 Å². The number of rotatable bonds is 6. The molecule has 0 unspecified atom stereocenters. The van der Waals surface area contributed by atoms with Gasteiger partial charge < -0.3 is 15.0 Å². The van der Waals surface area contributed by atoms with Crippen molar-refractivity contribution in [1.29, 1.82) is 0 Å². The minimum Gasteiger partial charge on any atom is -0.455 e. The molecule has 1 N–H and O–H groups in total. The normalized spacial score (nSPS) is 17.1. The van der Waals surface area contributed by atoms with Gasteiger partial charge in [0.1, 0.15) is 0 Å². The van der Waals surface area contributed by atoms with Crippen molar-refractivity contribution >= 4 is 23.5 Å². The van der Waals surface area contributed by atoms with Gasteiger partial charge in [0.15, 0.2) is 6.61 Å². The first-order valence-electron chi connectivity index (χ1n) is 9.73. The molecule has 1 saturated heterocycles. The van der Waals surface area contributed by atoms with E-state index in [2.05, 4.69) is 5.32 Å². The molecule has 152 valence electrons. The monoisotopic (exact) mass is 394 g/mol. The molecule has 2 atom stereocenters. The Morgan fingerprint density at radius 2 is 1.86 bits per heavy atom. The Balaban J connectivity index is 1.51. The molecular weight excluding hydrogens is 368 g/mol. The molecule has 1 fully saturated rings. The van der Waals surface area contributed by atoms with E-state index in [4.69, 9.17) is 4.74 Å². The summed E-state index contributed by atoms with van der Waals surface area (Å²) in [6.45, 7) is 5.83. The van der Waals surface area contributed by atoms with Crippen LogP contribution in [0.2, 0.25) is 0 Å². The molecule has 3 rings (SSSR count). The van der Waals surface area contributed by atoms with Crippen LogP contribution in [0, 0.1) is 19.8 Å². The molecule has 0 aromatic heterocycles. The zero-order valence-corrected chi connectivity index (χ0v) is 17.0. The number of ether oxygens (including phenoxy) is 1. The zero-order chi connectivity index (χ0) is 21.0. The molecule has 6 nitrogen and oxygen atoms in total. The average molecular weight is 394 g/mol. The van der Waals surface area contributed by atoms with E-state index in [1.807, 2.05) is 63.2 Å². The first-order chi connectivity index (χ1) is 13.8. The quantitative estimate of drug-likeness (QED) is 0.762. The lowest BCUT2D eigenvalue weighted by molar-refractivity contribution is -0.151. The highest BCUT2D eigenvalue weighted by atomic mass is 16.5. The molecule has 1 aliphatic heterocycles. The van der Waals surface area contributed by atoms with E-state index in [0.717, 1.165) is 16.7 Å². The van der Waals surface area contributed by atoms with Gasteiger partial charge in [-0.3, -0.25) is 14.4 Å². The van der Waals surface area contributed by atoms with E-state index < -0.39 is 17.8 Å². The highest BCUT2D eigenvalue weighted by Gasteiger charge is 2.38. The number of amides is 2. The minimum atomic E-state index is -0.553. The van der Waals surface area contributed by atoms with Gasteiger partial charge in [0, 0.05) is 18.7 Å². The number of aryl methyl sites for hydroxylation is 2. The van der Waals surface area contributed by atoms with Crippen LogP contribution < -0.4 is 5.32 Å². The van der Waals surface area contributed by atoms with E-state index >= 15 is 0 Å². The largest absolute Gasteiger partial charge is 0.455 e. The fraction of sp³-hybridized carbons (Fsp3) is 0.348. The molecule has 2 amide bonds. The maximum Gasteiger partial charge on any atom is 0.311 e. The maximum absolute atomic E-state index is 12.4. The highest BCUT2D eigenvalue weighted by molar-refractivity contribution is 5.93. The van der Waals surface area contributed by atoms with E-state index in [-0.39, 0.29) is 25.0 Å². The highest BCUT2D eigenvalue weighted by Crippen LogP contribution is 2.29. The third-order valence-corrected chi connectivity index (χ3v) is 5.38. The lowest BCUT2D eigenvalue weighted by Crippen LogP contribution is -2.30. The second kappa shape index (κ2) is 8.90. The Kier molecular flexibility index (Phi) is 6.32. The Hall–Kier alpha value is -3.15. The molecule has 0 spiro atoms. The fourth-order valence-corrected chi connectivity index (χ4v) is 3.45. The Bertz CT molecular complexity index is 910. The molecular formula is C23H26N2O4. The van der Waals surface area contributed by atoms with Crippen molar-refractivity contribution in [2.75, 3.05) is 18.5 Å². The summed E-state index contributed by atoms with van der Waals surface area (Å²) >= 11 is 0. The van der Waals surface area contributed by atoms with Crippen LogP contribution in [0.1, 0.15) is 36.1 Å². The summed E-state index contributed by atoms with van der Waals surface area (Å²) in [6, 6.07) is 15.2. The Morgan fingerprint density at radius 1 is 1.14 bits per heavy atom. The van der Waals surface area contributed by atoms with Crippen molar-refractivity contribution in [2.45, 2.75) is 33.2 Å². The number of nitrogens with one attached hydrogen (secondary N) is 1. The molecule has 29 heavy (non-hydrogen) atoms. The first-order valence-corrected chi connectivity index (χ1v) is 9.73. The van der Waals surface area contributed by atoms with Crippen LogP contribution in [0.15, 0.2) is 48.5 Å². The second-order valence-corrected chi connectivity index (χ2v) is 7.49. The molecule has 6 heteroatoms. The van der Waals surface area contributed by atoms with Gasteiger partial charge in [-0.15, -0.1) is 0 Å². The van der Waals surface area contributed by atoms with Crippen molar-refractivity contribution in [3.63, 3.8) is 0 Å². The summed E-state index contributed by atoms with van der Waals surface area (Å²) in [7, 11) is 0. The van der Waals surface area contributed by atoms with E-state index in [1.54, 1.807) is 11.0 Å². The summed E-state index contributed by atoms with van der Waals surface area (Å²) in [5.41, 5.74) is 3.88. The number of hydrogen-bond acceptors (Lipinski definition) is 4. The van der Waals surface area contributed by atoms with Crippen molar-refractivity contribution in [3.05, 3.63) is 65.2 Å². The number of likely N-dealkylation sites (tertiary alicyclic amines) is 1. The number of carbonyl (C=O) groups is 3. The van der Waals surface area contributed by atoms with Gasteiger partial charge in [-0.2, -0.15) is 0 Å². The third kappa shape index (κ3) is 5.02. The smallest absolute Gasteiger partial charge is 0.311 e. The van der Waals surface area contributed by atoms with Gasteiger partial charge >= 0.3 is 5.97 Å². The van der Waals surface area contributed by atoms with Crippen molar-refractivity contribution < 1.29 is 19.1 Å². The molecule has 2 aromatic carbocycles.